The van der Waals surface area contributed by atoms with Crippen LogP contribution in [0.15, 0.2) is 24.3 Å². The van der Waals surface area contributed by atoms with Crippen LogP contribution in [0.1, 0.15) is 31.7 Å². The van der Waals surface area contributed by atoms with Crippen molar-refractivity contribution in [3.05, 3.63) is 29.8 Å². The Labute approximate surface area is 119 Å². The number of imide groups is 1. The second-order valence-electron chi connectivity index (χ2n) is 6.38. The zero-order valence-corrected chi connectivity index (χ0v) is 11.7. The first kappa shape index (κ1) is 12.1. The minimum Gasteiger partial charge on any atom is -0.274 e. The van der Waals surface area contributed by atoms with Crippen molar-refractivity contribution in [1.82, 2.24) is 0 Å². The fourth-order valence-corrected chi connectivity index (χ4v) is 4.67. The smallest absolute Gasteiger partial charge is 0.237 e. The molecule has 3 aliphatic rings. The Morgan fingerprint density at radius 1 is 1.05 bits per heavy atom. The third-order valence-electron chi connectivity index (χ3n) is 5.54. The van der Waals surface area contributed by atoms with Crippen molar-refractivity contribution < 1.29 is 9.59 Å². The maximum Gasteiger partial charge on any atom is 0.237 e. The van der Waals surface area contributed by atoms with Gasteiger partial charge in [-0.1, -0.05) is 25.1 Å². The third kappa shape index (κ3) is 1.41. The number of anilines is 1. The summed E-state index contributed by atoms with van der Waals surface area (Å²) in [6.07, 6.45) is 4.20. The Morgan fingerprint density at radius 3 is 2.25 bits per heavy atom. The van der Waals surface area contributed by atoms with Crippen LogP contribution in [0.2, 0.25) is 0 Å². The first-order valence-electron chi connectivity index (χ1n) is 7.68. The van der Waals surface area contributed by atoms with Gasteiger partial charge in [0.15, 0.2) is 0 Å². The van der Waals surface area contributed by atoms with E-state index in [0.717, 1.165) is 36.9 Å². The van der Waals surface area contributed by atoms with Gasteiger partial charge >= 0.3 is 0 Å². The molecule has 2 bridgehead atoms. The summed E-state index contributed by atoms with van der Waals surface area (Å²) in [5, 5.41) is 0. The molecule has 1 aromatic carbocycles. The molecule has 0 radical (unpaired) electrons. The van der Waals surface area contributed by atoms with Crippen LogP contribution in [-0.2, 0) is 16.0 Å². The van der Waals surface area contributed by atoms with E-state index >= 15 is 0 Å². The molecule has 4 atom stereocenters. The van der Waals surface area contributed by atoms with Gasteiger partial charge in [0.05, 0.1) is 17.5 Å². The average molecular weight is 269 g/mol. The van der Waals surface area contributed by atoms with Gasteiger partial charge in [-0.15, -0.1) is 0 Å². The van der Waals surface area contributed by atoms with E-state index in [1.807, 2.05) is 24.3 Å². The third-order valence-corrected chi connectivity index (χ3v) is 5.54. The van der Waals surface area contributed by atoms with Crippen molar-refractivity contribution in [1.29, 1.82) is 0 Å². The number of carbonyl (C=O) groups is 2. The molecule has 1 saturated heterocycles. The minimum atomic E-state index is -0.0221. The number of nitrogens with zero attached hydrogens (tertiary/aromatic N) is 1. The molecule has 1 aromatic rings. The van der Waals surface area contributed by atoms with Crippen LogP contribution in [0.5, 0.6) is 0 Å². The van der Waals surface area contributed by atoms with Gasteiger partial charge in [-0.3, -0.25) is 9.59 Å². The summed E-state index contributed by atoms with van der Waals surface area (Å²) in [4.78, 5) is 27.0. The van der Waals surface area contributed by atoms with Gasteiger partial charge in [-0.2, -0.15) is 0 Å². The molecular weight excluding hydrogens is 250 g/mol. The number of carbonyl (C=O) groups excluding carboxylic acids is 2. The lowest BCUT2D eigenvalue weighted by molar-refractivity contribution is -0.123. The molecule has 20 heavy (non-hydrogen) atoms. The standard InChI is InChI=1S/C17H19NO2/c1-2-10-5-3-4-6-13(10)18-16(19)14-11-7-8-12(9-11)15(14)17(18)20/h3-6,11-12,14-15H,2,7-9H2,1H3/t11-,12-,14-,15-/m0/s1. The van der Waals surface area contributed by atoms with Crippen molar-refractivity contribution in [3.63, 3.8) is 0 Å². The number of rotatable bonds is 2. The lowest BCUT2D eigenvalue weighted by Gasteiger charge is -2.20. The number of aryl methyl sites for hydroxylation is 1. The van der Waals surface area contributed by atoms with Gasteiger partial charge in [0.2, 0.25) is 11.8 Å². The van der Waals surface area contributed by atoms with Crippen molar-refractivity contribution in [3.8, 4) is 0 Å². The molecule has 1 heterocycles. The molecule has 2 saturated carbocycles. The SMILES string of the molecule is CCc1ccccc1N1C(=O)[C@H]2[C@H]3CC[C@@H](C3)[C@@H]2C1=O. The predicted octanol–water partition coefficient (Wildman–Crippen LogP) is 2.78. The van der Waals surface area contributed by atoms with E-state index in [4.69, 9.17) is 0 Å². The topological polar surface area (TPSA) is 37.4 Å². The maximum absolute atomic E-state index is 12.8. The molecule has 104 valence electrons. The second kappa shape index (κ2) is 4.18. The number of benzene rings is 1. The predicted molar refractivity (Wildman–Crippen MR) is 76.1 cm³/mol. The summed E-state index contributed by atoms with van der Waals surface area (Å²) in [7, 11) is 0. The summed E-state index contributed by atoms with van der Waals surface area (Å²) in [6.45, 7) is 2.06. The van der Waals surface area contributed by atoms with Crippen molar-refractivity contribution >= 4 is 17.5 Å². The molecule has 0 aromatic heterocycles. The lowest BCUT2D eigenvalue weighted by Crippen LogP contribution is -2.33. The monoisotopic (exact) mass is 269 g/mol. The number of hydrogen-bond donors (Lipinski definition) is 0. The van der Waals surface area contributed by atoms with E-state index in [9.17, 15) is 9.59 Å². The van der Waals surface area contributed by atoms with Gasteiger partial charge < -0.3 is 0 Å². The number of fused-ring (bicyclic) bond motifs is 5. The van der Waals surface area contributed by atoms with E-state index in [-0.39, 0.29) is 23.7 Å². The van der Waals surface area contributed by atoms with Crippen LogP contribution in [0, 0.1) is 23.7 Å². The van der Waals surface area contributed by atoms with Gasteiger partial charge in [0.25, 0.3) is 0 Å². The molecule has 2 aliphatic carbocycles. The van der Waals surface area contributed by atoms with Crippen LogP contribution in [-0.4, -0.2) is 11.8 Å². The number of hydrogen-bond acceptors (Lipinski definition) is 2. The highest BCUT2D eigenvalue weighted by Crippen LogP contribution is 2.56. The Balaban J connectivity index is 1.77. The zero-order valence-electron chi connectivity index (χ0n) is 11.7. The van der Waals surface area contributed by atoms with Crippen LogP contribution < -0.4 is 4.90 Å². The summed E-state index contributed by atoms with van der Waals surface area (Å²) in [6, 6.07) is 7.81. The minimum absolute atomic E-state index is 0.0221. The Kier molecular flexibility index (Phi) is 2.53. The van der Waals surface area contributed by atoms with Crippen LogP contribution in [0.25, 0.3) is 0 Å². The van der Waals surface area contributed by atoms with Crippen molar-refractivity contribution in [2.75, 3.05) is 4.90 Å². The zero-order chi connectivity index (χ0) is 13.9. The summed E-state index contributed by atoms with van der Waals surface area (Å²) < 4.78 is 0. The lowest BCUT2D eigenvalue weighted by atomic mass is 9.81. The van der Waals surface area contributed by atoms with Crippen LogP contribution >= 0.6 is 0 Å². The van der Waals surface area contributed by atoms with Gasteiger partial charge in [-0.05, 0) is 49.1 Å². The second-order valence-corrected chi connectivity index (χ2v) is 6.38. The van der Waals surface area contributed by atoms with E-state index in [1.165, 1.54) is 4.90 Å². The molecule has 0 N–H and O–H groups in total. The first-order chi connectivity index (χ1) is 9.72. The average Bonchev–Trinajstić information content (AvgIpc) is 3.13. The molecule has 3 nitrogen and oxygen atoms in total. The summed E-state index contributed by atoms with van der Waals surface area (Å²) >= 11 is 0. The fraction of sp³-hybridized carbons (Fsp3) is 0.529. The molecule has 2 amide bonds. The van der Waals surface area contributed by atoms with Crippen LogP contribution in [0.4, 0.5) is 5.69 Å². The van der Waals surface area contributed by atoms with E-state index < -0.39 is 0 Å². The van der Waals surface area contributed by atoms with E-state index in [0.29, 0.717) is 11.8 Å². The van der Waals surface area contributed by atoms with Crippen LogP contribution in [0.3, 0.4) is 0 Å². The molecular formula is C17H19NO2. The van der Waals surface area contributed by atoms with Gasteiger partial charge in [0.1, 0.15) is 0 Å². The molecule has 1 aliphatic heterocycles. The molecule has 4 rings (SSSR count). The Morgan fingerprint density at radius 2 is 1.65 bits per heavy atom. The Hall–Kier alpha value is -1.64. The molecule has 0 unspecified atom stereocenters. The molecule has 0 spiro atoms. The fourth-order valence-electron chi connectivity index (χ4n) is 4.67. The summed E-state index contributed by atoms with van der Waals surface area (Å²) in [5.41, 5.74) is 1.90. The number of para-hydroxylation sites is 1. The highest BCUT2D eigenvalue weighted by molar-refractivity contribution is 6.22. The largest absolute Gasteiger partial charge is 0.274 e. The van der Waals surface area contributed by atoms with Gasteiger partial charge in [-0.25, -0.2) is 4.90 Å². The molecule has 3 fully saturated rings. The maximum atomic E-state index is 12.8. The summed E-state index contributed by atoms with van der Waals surface area (Å²) in [5.74, 6) is 0.999. The van der Waals surface area contributed by atoms with Crippen molar-refractivity contribution in [2.45, 2.75) is 32.6 Å². The highest BCUT2D eigenvalue weighted by Gasteiger charge is 2.61. The molecule has 3 heteroatoms. The highest BCUT2D eigenvalue weighted by atomic mass is 16.2. The van der Waals surface area contributed by atoms with Gasteiger partial charge in [0, 0.05) is 0 Å². The van der Waals surface area contributed by atoms with E-state index in [2.05, 4.69) is 6.92 Å². The van der Waals surface area contributed by atoms with E-state index in [1.54, 1.807) is 0 Å². The van der Waals surface area contributed by atoms with Crippen molar-refractivity contribution in [2.24, 2.45) is 23.7 Å². The first-order valence-corrected chi connectivity index (χ1v) is 7.68. The normalized spacial score (nSPS) is 35.0. The quantitative estimate of drug-likeness (QED) is 0.774. The Bertz CT molecular complexity index is 566. The number of amides is 2.